The zero-order valence-corrected chi connectivity index (χ0v) is 12.7. The summed E-state index contributed by atoms with van der Waals surface area (Å²) in [6.07, 6.45) is 2.78. The Kier molecular flexibility index (Phi) is 5.04. The van der Waals surface area contributed by atoms with Crippen LogP contribution in [-0.4, -0.2) is 35.5 Å². The Morgan fingerprint density at radius 2 is 2.10 bits per heavy atom. The fourth-order valence-corrected chi connectivity index (χ4v) is 2.46. The number of nitrogens with zero attached hydrogens (tertiary/aromatic N) is 1. The molecule has 0 spiro atoms. The van der Waals surface area contributed by atoms with Crippen molar-refractivity contribution in [3.05, 3.63) is 23.7 Å². The lowest BCUT2D eigenvalue weighted by Gasteiger charge is -2.16. The third-order valence-electron chi connectivity index (χ3n) is 4.05. The first-order valence-electron chi connectivity index (χ1n) is 7.51. The standard InChI is InChI=1S/C16H23NO4/c1-11-10-13(11)14-7-5-12(21-14)6-8-15(18)17(2)9-3-4-16(19)20/h5,7,11,13H,3-4,6,8-10H2,1-2H3,(H,19,20). The molecule has 0 radical (unpaired) electrons. The van der Waals surface area contributed by atoms with Crippen molar-refractivity contribution in [2.45, 2.75) is 44.9 Å². The van der Waals surface area contributed by atoms with E-state index in [1.54, 1.807) is 11.9 Å². The van der Waals surface area contributed by atoms with Gasteiger partial charge >= 0.3 is 5.97 Å². The minimum Gasteiger partial charge on any atom is -0.481 e. The third kappa shape index (κ3) is 4.62. The quantitative estimate of drug-likeness (QED) is 0.800. The number of aliphatic carboxylic acids is 1. The molecule has 5 nitrogen and oxygen atoms in total. The summed E-state index contributed by atoms with van der Waals surface area (Å²) in [4.78, 5) is 24.0. The molecule has 1 heterocycles. The molecular weight excluding hydrogens is 270 g/mol. The van der Waals surface area contributed by atoms with Gasteiger partial charge in [-0.25, -0.2) is 0 Å². The Balaban J connectivity index is 1.70. The van der Waals surface area contributed by atoms with E-state index in [0.717, 1.165) is 11.5 Å². The maximum absolute atomic E-state index is 11.9. The number of carbonyl (C=O) groups is 2. The van der Waals surface area contributed by atoms with Crippen molar-refractivity contribution in [2.24, 2.45) is 5.92 Å². The monoisotopic (exact) mass is 293 g/mol. The molecule has 1 aromatic heterocycles. The molecule has 0 saturated heterocycles. The average molecular weight is 293 g/mol. The zero-order chi connectivity index (χ0) is 15.4. The van der Waals surface area contributed by atoms with Crippen LogP contribution in [0.2, 0.25) is 0 Å². The highest BCUT2D eigenvalue weighted by Crippen LogP contribution is 2.47. The SMILES string of the molecule is CC1CC1c1ccc(CCC(=O)N(C)CCCC(=O)O)o1. The number of carboxylic acids is 1. The largest absolute Gasteiger partial charge is 0.481 e. The molecule has 0 aliphatic heterocycles. The topological polar surface area (TPSA) is 70.8 Å². The fourth-order valence-electron chi connectivity index (χ4n) is 2.46. The summed E-state index contributed by atoms with van der Waals surface area (Å²) in [5, 5.41) is 8.57. The molecule has 0 aromatic carbocycles. The second kappa shape index (κ2) is 6.78. The van der Waals surface area contributed by atoms with Gasteiger partial charge in [0.05, 0.1) is 0 Å². The lowest BCUT2D eigenvalue weighted by atomic mass is 10.2. The number of aryl methyl sites for hydroxylation is 1. The van der Waals surface area contributed by atoms with Gasteiger partial charge in [-0.15, -0.1) is 0 Å². The number of amides is 1. The minimum atomic E-state index is -0.826. The van der Waals surface area contributed by atoms with Crippen LogP contribution in [0.15, 0.2) is 16.5 Å². The maximum Gasteiger partial charge on any atom is 0.303 e. The van der Waals surface area contributed by atoms with Gasteiger partial charge in [0.15, 0.2) is 0 Å². The molecule has 1 amide bonds. The van der Waals surface area contributed by atoms with Gasteiger partial charge in [-0.05, 0) is 30.9 Å². The second-order valence-electron chi connectivity index (χ2n) is 5.94. The van der Waals surface area contributed by atoms with Crippen LogP contribution in [0.3, 0.4) is 0 Å². The highest BCUT2D eigenvalue weighted by atomic mass is 16.4. The predicted octanol–water partition coefficient (Wildman–Crippen LogP) is 2.66. The summed E-state index contributed by atoms with van der Waals surface area (Å²) in [5.41, 5.74) is 0. The minimum absolute atomic E-state index is 0.0260. The first kappa shape index (κ1) is 15.6. The van der Waals surface area contributed by atoms with E-state index in [4.69, 9.17) is 9.52 Å². The van der Waals surface area contributed by atoms with Crippen molar-refractivity contribution in [3.8, 4) is 0 Å². The maximum atomic E-state index is 11.9. The van der Waals surface area contributed by atoms with Crippen molar-refractivity contribution in [2.75, 3.05) is 13.6 Å². The Bertz CT molecular complexity index is 508. The first-order chi connectivity index (χ1) is 9.97. The molecule has 116 valence electrons. The van der Waals surface area contributed by atoms with Crippen molar-refractivity contribution < 1.29 is 19.1 Å². The lowest BCUT2D eigenvalue weighted by Crippen LogP contribution is -2.28. The molecule has 1 aliphatic carbocycles. The van der Waals surface area contributed by atoms with Gasteiger partial charge in [0.25, 0.3) is 0 Å². The van der Waals surface area contributed by atoms with Crippen molar-refractivity contribution in [3.63, 3.8) is 0 Å². The van der Waals surface area contributed by atoms with Gasteiger partial charge < -0.3 is 14.4 Å². The number of carboxylic acid groups (broad SMARTS) is 1. The summed E-state index contributed by atoms with van der Waals surface area (Å²) in [7, 11) is 1.71. The summed E-state index contributed by atoms with van der Waals surface area (Å²) < 4.78 is 5.77. The Morgan fingerprint density at radius 1 is 1.38 bits per heavy atom. The number of rotatable bonds is 8. The van der Waals surface area contributed by atoms with Crippen molar-refractivity contribution in [1.82, 2.24) is 4.90 Å². The fraction of sp³-hybridized carbons (Fsp3) is 0.625. The van der Waals surface area contributed by atoms with Gasteiger partial charge in [-0.1, -0.05) is 6.92 Å². The third-order valence-corrected chi connectivity index (χ3v) is 4.05. The van der Waals surface area contributed by atoms with Crippen LogP contribution < -0.4 is 0 Å². The van der Waals surface area contributed by atoms with Crippen molar-refractivity contribution >= 4 is 11.9 Å². The summed E-state index contributed by atoms with van der Waals surface area (Å²) in [5.74, 6) is 2.38. The molecule has 1 N–H and O–H groups in total. The van der Waals surface area contributed by atoms with E-state index in [1.807, 2.05) is 12.1 Å². The normalized spacial score (nSPS) is 20.3. The molecule has 1 aromatic rings. The second-order valence-corrected chi connectivity index (χ2v) is 5.94. The molecule has 1 aliphatic rings. The Morgan fingerprint density at radius 3 is 2.71 bits per heavy atom. The molecule has 21 heavy (non-hydrogen) atoms. The van der Waals surface area contributed by atoms with Gasteiger partial charge in [-0.3, -0.25) is 9.59 Å². The van der Waals surface area contributed by atoms with Crippen LogP contribution in [0.25, 0.3) is 0 Å². The van der Waals surface area contributed by atoms with Crippen molar-refractivity contribution in [1.29, 1.82) is 0 Å². The first-order valence-corrected chi connectivity index (χ1v) is 7.51. The van der Waals surface area contributed by atoms with Crippen LogP contribution in [0.5, 0.6) is 0 Å². The predicted molar refractivity (Wildman–Crippen MR) is 78.1 cm³/mol. The molecule has 1 fully saturated rings. The van der Waals surface area contributed by atoms with Crippen LogP contribution >= 0.6 is 0 Å². The van der Waals surface area contributed by atoms with Gasteiger partial charge in [0.1, 0.15) is 11.5 Å². The van der Waals surface area contributed by atoms with E-state index in [9.17, 15) is 9.59 Å². The molecule has 5 heteroatoms. The highest BCUT2D eigenvalue weighted by Gasteiger charge is 2.36. The van der Waals surface area contributed by atoms with Gasteiger partial charge in [0, 0.05) is 38.8 Å². The molecule has 1 saturated carbocycles. The van der Waals surface area contributed by atoms with Crippen LogP contribution in [-0.2, 0) is 16.0 Å². The molecule has 2 rings (SSSR count). The average Bonchev–Trinajstić information content (AvgIpc) is 2.98. The lowest BCUT2D eigenvalue weighted by molar-refractivity contribution is -0.138. The van der Waals surface area contributed by atoms with E-state index in [0.29, 0.717) is 37.6 Å². The molecular formula is C16H23NO4. The van der Waals surface area contributed by atoms with E-state index in [1.165, 1.54) is 6.42 Å². The van der Waals surface area contributed by atoms with Crippen LogP contribution in [0, 0.1) is 5.92 Å². The van der Waals surface area contributed by atoms with Crippen LogP contribution in [0.4, 0.5) is 0 Å². The van der Waals surface area contributed by atoms with E-state index < -0.39 is 5.97 Å². The van der Waals surface area contributed by atoms with Gasteiger partial charge in [-0.2, -0.15) is 0 Å². The summed E-state index contributed by atoms with van der Waals surface area (Å²) in [6.45, 7) is 2.69. The van der Waals surface area contributed by atoms with Gasteiger partial charge in [0.2, 0.25) is 5.91 Å². The summed E-state index contributed by atoms with van der Waals surface area (Å²) >= 11 is 0. The number of carbonyl (C=O) groups excluding carboxylic acids is 1. The zero-order valence-electron chi connectivity index (χ0n) is 12.7. The Hall–Kier alpha value is -1.78. The van der Waals surface area contributed by atoms with E-state index >= 15 is 0 Å². The highest BCUT2D eigenvalue weighted by molar-refractivity contribution is 5.76. The van der Waals surface area contributed by atoms with E-state index in [-0.39, 0.29) is 12.3 Å². The number of furan rings is 1. The van der Waals surface area contributed by atoms with E-state index in [2.05, 4.69) is 6.92 Å². The smallest absolute Gasteiger partial charge is 0.303 e. The summed E-state index contributed by atoms with van der Waals surface area (Å²) in [6, 6.07) is 3.97. The Labute approximate surface area is 124 Å². The molecule has 2 atom stereocenters. The number of hydrogen-bond donors (Lipinski definition) is 1. The van der Waals surface area contributed by atoms with Crippen LogP contribution in [0.1, 0.15) is 50.0 Å². The number of hydrogen-bond acceptors (Lipinski definition) is 3. The molecule has 2 unspecified atom stereocenters. The molecule has 0 bridgehead atoms.